The van der Waals surface area contributed by atoms with Gasteiger partial charge in [0.25, 0.3) is 0 Å². The summed E-state index contributed by atoms with van der Waals surface area (Å²) in [5, 5.41) is 3.05. The van der Waals surface area contributed by atoms with Crippen molar-refractivity contribution in [2.75, 3.05) is 7.11 Å². The van der Waals surface area contributed by atoms with Gasteiger partial charge in [-0.25, -0.2) is 13.1 Å². The van der Waals surface area contributed by atoms with E-state index in [1.807, 2.05) is 84.9 Å². The molecule has 1 aliphatic rings. The summed E-state index contributed by atoms with van der Waals surface area (Å²) < 4.78 is 33.2. The predicted octanol–water partition coefficient (Wildman–Crippen LogP) is 5.03. The van der Waals surface area contributed by atoms with Crippen molar-refractivity contribution in [3.05, 3.63) is 131 Å². The molecule has 2 N–H and O–H groups in total. The molecule has 1 saturated carbocycles. The molecular formula is C36H39N3O5S. The Morgan fingerprint density at radius 2 is 1.40 bits per heavy atom. The first kappa shape index (κ1) is 31.9. The largest absolute Gasteiger partial charge is 0.497 e. The Hall–Kier alpha value is -4.47. The number of sulfonamides is 1. The van der Waals surface area contributed by atoms with Gasteiger partial charge in [-0.1, -0.05) is 84.9 Å². The first-order valence-corrected chi connectivity index (χ1v) is 16.7. The highest BCUT2D eigenvalue weighted by Gasteiger charge is 2.31. The topological polar surface area (TPSA) is 105 Å². The fraction of sp³-hybridized carbons (Fsp3) is 0.278. The highest BCUT2D eigenvalue weighted by molar-refractivity contribution is 7.89. The van der Waals surface area contributed by atoms with Gasteiger partial charge in [-0.3, -0.25) is 9.59 Å². The molecule has 45 heavy (non-hydrogen) atoms. The second-order valence-corrected chi connectivity index (χ2v) is 13.0. The number of rotatable bonds is 15. The van der Waals surface area contributed by atoms with E-state index >= 15 is 0 Å². The number of carbonyl (C=O) groups excluding carboxylic acids is 2. The van der Waals surface area contributed by atoms with E-state index in [9.17, 15) is 18.0 Å². The zero-order valence-electron chi connectivity index (χ0n) is 25.4. The number of nitrogens with zero attached hydrogens (tertiary/aromatic N) is 1. The quantitative estimate of drug-likeness (QED) is 0.193. The molecule has 1 aliphatic carbocycles. The van der Waals surface area contributed by atoms with Crippen LogP contribution in [0.15, 0.2) is 114 Å². The maximum absolute atomic E-state index is 14.0. The minimum Gasteiger partial charge on any atom is -0.497 e. The van der Waals surface area contributed by atoms with E-state index in [-0.39, 0.29) is 35.7 Å². The molecule has 4 aromatic rings. The Balaban J connectivity index is 1.36. The predicted molar refractivity (Wildman–Crippen MR) is 174 cm³/mol. The van der Waals surface area contributed by atoms with Crippen molar-refractivity contribution >= 4 is 21.8 Å². The lowest BCUT2D eigenvalue weighted by Gasteiger charge is -2.32. The average Bonchev–Trinajstić information content (AvgIpc) is 3.89. The lowest BCUT2D eigenvalue weighted by atomic mass is 10.0. The summed E-state index contributed by atoms with van der Waals surface area (Å²) in [6.07, 6.45) is 2.63. The second-order valence-electron chi connectivity index (χ2n) is 11.3. The number of benzene rings is 4. The van der Waals surface area contributed by atoms with Gasteiger partial charge in [-0.2, -0.15) is 0 Å². The lowest BCUT2D eigenvalue weighted by molar-refractivity contribution is -0.141. The number of hydrogen-bond acceptors (Lipinski definition) is 5. The van der Waals surface area contributed by atoms with Crippen LogP contribution >= 0.6 is 0 Å². The van der Waals surface area contributed by atoms with Gasteiger partial charge in [0.05, 0.1) is 12.0 Å². The van der Waals surface area contributed by atoms with Crippen LogP contribution in [0.2, 0.25) is 0 Å². The fourth-order valence-electron chi connectivity index (χ4n) is 5.10. The maximum atomic E-state index is 14.0. The number of carbonyl (C=O) groups is 2. The normalized spacial score (nSPS) is 13.5. The van der Waals surface area contributed by atoms with Crippen LogP contribution in [0, 0.1) is 0 Å². The van der Waals surface area contributed by atoms with Gasteiger partial charge in [0.1, 0.15) is 11.8 Å². The standard InChI is InChI=1S/C36H39N3O5S/c1-44-32-19-12-30(13-20-32)26-39(35(40)23-16-27-14-21-33(22-15-27)45(42,43)38-31-17-18-31)34(24-28-8-4-2-5-9-28)36(41)37-25-29-10-6-3-7-11-29/h2-15,19-22,31,34,38H,16-18,23-26H2,1H3,(H,37,41)/t34-/m0/s1. The Bertz CT molecular complexity index is 1660. The molecule has 234 valence electrons. The van der Waals surface area contributed by atoms with Crippen LogP contribution in [0.3, 0.4) is 0 Å². The molecule has 0 bridgehead atoms. The molecule has 0 unspecified atom stereocenters. The minimum absolute atomic E-state index is 0.0257. The van der Waals surface area contributed by atoms with Gasteiger partial charge in [-0.05, 0) is 65.8 Å². The molecule has 1 atom stereocenters. The zero-order chi connectivity index (χ0) is 31.6. The summed E-state index contributed by atoms with van der Waals surface area (Å²) >= 11 is 0. The van der Waals surface area contributed by atoms with Gasteiger partial charge in [-0.15, -0.1) is 0 Å². The van der Waals surface area contributed by atoms with Crippen molar-refractivity contribution in [2.45, 2.75) is 62.2 Å². The molecule has 0 radical (unpaired) electrons. The van der Waals surface area contributed by atoms with Crippen molar-refractivity contribution in [3.8, 4) is 5.75 Å². The zero-order valence-corrected chi connectivity index (χ0v) is 26.2. The van der Waals surface area contributed by atoms with Gasteiger partial charge >= 0.3 is 0 Å². The molecule has 5 rings (SSSR count). The molecule has 1 fully saturated rings. The highest BCUT2D eigenvalue weighted by Crippen LogP contribution is 2.23. The molecule has 0 aliphatic heterocycles. The molecule has 8 nitrogen and oxygen atoms in total. The second kappa shape index (κ2) is 15.0. The van der Waals surface area contributed by atoms with Crippen LogP contribution < -0.4 is 14.8 Å². The molecule has 0 heterocycles. The highest BCUT2D eigenvalue weighted by atomic mass is 32.2. The molecule has 0 saturated heterocycles. The first-order valence-electron chi connectivity index (χ1n) is 15.2. The van der Waals surface area contributed by atoms with Crippen LogP contribution in [0.4, 0.5) is 0 Å². The van der Waals surface area contributed by atoms with Crippen molar-refractivity contribution < 1.29 is 22.7 Å². The number of nitrogens with one attached hydrogen (secondary N) is 2. The number of hydrogen-bond donors (Lipinski definition) is 2. The maximum Gasteiger partial charge on any atom is 0.243 e. The average molecular weight is 626 g/mol. The molecule has 2 amide bonds. The van der Waals surface area contributed by atoms with Crippen molar-refractivity contribution in [3.63, 3.8) is 0 Å². The van der Waals surface area contributed by atoms with E-state index in [0.717, 1.165) is 35.1 Å². The van der Waals surface area contributed by atoms with Crippen LogP contribution in [0.1, 0.15) is 41.5 Å². The summed E-state index contributed by atoms with van der Waals surface area (Å²) in [5.41, 5.74) is 3.62. The monoisotopic (exact) mass is 625 g/mol. The van der Waals surface area contributed by atoms with Crippen molar-refractivity contribution in [2.24, 2.45) is 0 Å². The summed E-state index contributed by atoms with van der Waals surface area (Å²) in [7, 11) is -1.95. The summed E-state index contributed by atoms with van der Waals surface area (Å²) in [6.45, 7) is 0.587. The van der Waals surface area contributed by atoms with E-state index in [0.29, 0.717) is 25.1 Å². The van der Waals surface area contributed by atoms with E-state index < -0.39 is 16.1 Å². The van der Waals surface area contributed by atoms with E-state index in [4.69, 9.17) is 4.74 Å². The van der Waals surface area contributed by atoms with E-state index in [2.05, 4.69) is 10.0 Å². The van der Waals surface area contributed by atoms with Gasteiger partial charge in [0, 0.05) is 32.0 Å². The number of methoxy groups -OCH3 is 1. The SMILES string of the molecule is COc1ccc(CN(C(=O)CCc2ccc(S(=O)(=O)NC3CC3)cc2)[C@@H](Cc2ccccc2)C(=O)NCc2ccccc2)cc1. The van der Waals surface area contributed by atoms with Crippen LogP contribution in [-0.4, -0.2) is 44.3 Å². The summed E-state index contributed by atoms with van der Waals surface area (Å²) in [4.78, 5) is 29.8. The van der Waals surface area contributed by atoms with Gasteiger partial charge in [0.2, 0.25) is 21.8 Å². The smallest absolute Gasteiger partial charge is 0.243 e. The van der Waals surface area contributed by atoms with Crippen LogP contribution in [0.5, 0.6) is 5.75 Å². The minimum atomic E-state index is -3.55. The van der Waals surface area contributed by atoms with Crippen molar-refractivity contribution in [1.29, 1.82) is 0 Å². The Morgan fingerprint density at radius 3 is 2.00 bits per heavy atom. The van der Waals surface area contributed by atoms with Gasteiger partial charge < -0.3 is 15.0 Å². The van der Waals surface area contributed by atoms with Crippen LogP contribution in [-0.2, 0) is 45.5 Å². The lowest BCUT2D eigenvalue weighted by Crippen LogP contribution is -2.50. The van der Waals surface area contributed by atoms with Crippen LogP contribution in [0.25, 0.3) is 0 Å². The summed E-state index contributed by atoms with van der Waals surface area (Å²) in [5.74, 6) is 0.298. The van der Waals surface area contributed by atoms with Crippen molar-refractivity contribution in [1.82, 2.24) is 14.9 Å². The molecule has 9 heteroatoms. The number of amides is 2. The first-order chi connectivity index (χ1) is 21.8. The van der Waals surface area contributed by atoms with Gasteiger partial charge in [0.15, 0.2) is 0 Å². The third-order valence-corrected chi connectivity index (χ3v) is 9.39. The fourth-order valence-corrected chi connectivity index (χ4v) is 6.41. The number of ether oxygens (including phenoxy) is 1. The molecular weight excluding hydrogens is 586 g/mol. The third-order valence-electron chi connectivity index (χ3n) is 7.85. The third kappa shape index (κ3) is 9.26. The van der Waals surface area contributed by atoms with E-state index in [1.165, 1.54) is 0 Å². The molecule has 0 aromatic heterocycles. The summed E-state index contributed by atoms with van der Waals surface area (Å²) in [6, 6.07) is 32.8. The Kier molecular flexibility index (Phi) is 10.7. The Morgan fingerprint density at radius 1 is 0.800 bits per heavy atom. The number of aryl methyl sites for hydroxylation is 1. The molecule has 0 spiro atoms. The van der Waals surface area contributed by atoms with E-state index in [1.54, 1.807) is 36.3 Å². The Labute approximate surface area is 265 Å². The molecule has 4 aromatic carbocycles.